The number of ether oxygens (including phenoxy) is 1. The van der Waals surface area contributed by atoms with Crippen molar-refractivity contribution in [2.45, 2.75) is 44.9 Å². The van der Waals surface area contributed by atoms with Crippen LogP contribution in [0.2, 0.25) is 0 Å². The average molecular weight is 416 g/mol. The van der Waals surface area contributed by atoms with E-state index >= 15 is 0 Å². The number of benzene rings is 1. The van der Waals surface area contributed by atoms with Gasteiger partial charge in [0.2, 0.25) is 10.0 Å². The molecule has 4 rings (SSSR count). The van der Waals surface area contributed by atoms with Crippen LogP contribution >= 0.6 is 0 Å². The van der Waals surface area contributed by atoms with Crippen molar-refractivity contribution in [2.24, 2.45) is 0 Å². The minimum Gasteiger partial charge on any atom is -0.491 e. The summed E-state index contributed by atoms with van der Waals surface area (Å²) in [5.74, 6) is 0.588. The number of pyridine rings is 1. The monoisotopic (exact) mass is 415 g/mol. The summed E-state index contributed by atoms with van der Waals surface area (Å²) in [6.07, 6.45) is 4.68. The summed E-state index contributed by atoms with van der Waals surface area (Å²) < 4.78 is 31.8. The highest BCUT2D eigenvalue weighted by Gasteiger charge is 2.35. The van der Waals surface area contributed by atoms with Crippen molar-refractivity contribution in [3.05, 3.63) is 59.4 Å². The van der Waals surface area contributed by atoms with Gasteiger partial charge < -0.3 is 9.64 Å². The van der Waals surface area contributed by atoms with E-state index in [2.05, 4.69) is 4.98 Å². The standard InChI is InChI=1S/C21H25N3O4S/c1-15-14-28-20-9-6-16(12-24(18-7-8-18)29(2,26)27)11-17(20)13-23(15)21(25)19-5-3-4-10-22-19/h3-6,9-11,15,18H,7-8,12-14H2,1-2H3/t15-/m0/s1. The minimum atomic E-state index is -3.27. The smallest absolute Gasteiger partial charge is 0.273 e. The van der Waals surface area contributed by atoms with E-state index in [1.54, 1.807) is 33.6 Å². The number of amides is 1. The highest BCUT2D eigenvalue weighted by atomic mass is 32.2. The lowest BCUT2D eigenvalue weighted by molar-refractivity contribution is 0.0639. The second-order valence-corrected chi connectivity index (χ2v) is 9.72. The Bertz CT molecular complexity index is 1010. The Kier molecular flexibility index (Phi) is 5.31. The van der Waals surface area contributed by atoms with Gasteiger partial charge in [-0.15, -0.1) is 0 Å². The van der Waals surface area contributed by atoms with Crippen molar-refractivity contribution in [2.75, 3.05) is 12.9 Å². The first-order valence-corrected chi connectivity index (χ1v) is 11.6. The first kappa shape index (κ1) is 19.8. The summed E-state index contributed by atoms with van der Waals surface area (Å²) in [4.78, 5) is 18.9. The van der Waals surface area contributed by atoms with E-state index < -0.39 is 10.0 Å². The third-order valence-corrected chi connectivity index (χ3v) is 6.62. The van der Waals surface area contributed by atoms with Crippen molar-refractivity contribution >= 4 is 15.9 Å². The Morgan fingerprint density at radius 1 is 1.28 bits per heavy atom. The normalized spacial score (nSPS) is 19.4. The molecule has 1 aliphatic carbocycles. The molecule has 1 aromatic heterocycles. The van der Waals surface area contributed by atoms with Crippen LogP contribution in [0, 0.1) is 0 Å². The number of fused-ring (bicyclic) bond motifs is 1. The fourth-order valence-corrected chi connectivity index (χ4v) is 4.74. The summed E-state index contributed by atoms with van der Waals surface area (Å²) >= 11 is 0. The van der Waals surface area contributed by atoms with Gasteiger partial charge in [-0.1, -0.05) is 12.1 Å². The lowest BCUT2D eigenvalue weighted by Crippen LogP contribution is -2.40. The zero-order valence-corrected chi connectivity index (χ0v) is 17.4. The topological polar surface area (TPSA) is 79.8 Å². The molecule has 0 spiro atoms. The van der Waals surface area contributed by atoms with E-state index in [4.69, 9.17) is 4.74 Å². The molecular weight excluding hydrogens is 390 g/mol. The van der Waals surface area contributed by atoms with Crippen LogP contribution in [0.5, 0.6) is 5.75 Å². The van der Waals surface area contributed by atoms with Crippen molar-refractivity contribution in [1.82, 2.24) is 14.2 Å². The molecule has 0 saturated heterocycles. The molecule has 2 aliphatic rings. The van der Waals surface area contributed by atoms with Gasteiger partial charge >= 0.3 is 0 Å². The summed E-state index contributed by atoms with van der Waals surface area (Å²) in [7, 11) is -3.27. The highest BCUT2D eigenvalue weighted by Crippen LogP contribution is 2.32. The van der Waals surface area contributed by atoms with Crippen LogP contribution in [0.15, 0.2) is 42.6 Å². The number of nitrogens with zero attached hydrogens (tertiary/aromatic N) is 3. The largest absolute Gasteiger partial charge is 0.491 e. The number of carbonyl (C=O) groups excluding carboxylic acids is 1. The van der Waals surface area contributed by atoms with Crippen LogP contribution in [0.4, 0.5) is 0 Å². The zero-order chi connectivity index (χ0) is 20.6. The molecular formula is C21H25N3O4S. The molecule has 1 atom stereocenters. The molecule has 154 valence electrons. The molecule has 1 fully saturated rings. The number of hydrogen-bond donors (Lipinski definition) is 0. The van der Waals surface area contributed by atoms with Gasteiger partial charge in [0, 0.05) is 24.3 Å². The third kappa shape index (κ3) is 4.43. The summed E-state index contributed by atoms with van der Waals surface area (Å²) in [5, 5.41) is 0. The van der Waals surface area contributed by atoms with Gasteiger partial charge in [-0.25, -0.2) is 8.42 Å². The molecule has 1 aliphatic heterocycles. The maximum absolute atomic E-state index is 13.0. The molecule has 2 heterocycles. The van der Waals surface area contributed by atoms with Crippen molar-refractivity contribution < 1.29 is 17.9 Å². The van der Waals surface area contributed by atoms with Gasteiger partial charge in [0.15, 0.2) is 0 Å². The van der Waals surface area contributed by atoms with Gasteiger partial charge in [0.1, 0.15) is 18.1 Å². The summed E-state index contributed by atoms with van der Waals surface area (Å²) in [6, 6.07) is 11.0. The predicted octanol–water partition coefficient (Wildman–Crippen LogP) is 2.43. The van der Waals surface area contributed by atoms with E-state index in [9.17, 15) is 13.2 Å². The quantitative estimate of drug-likeness (QED) is 0.749. The number of rotatable bonds is 5. The zero-order valence-electron chi connectivity index (χ0n) is 16.6. The molecule has 7 nitrogen and oxygen atoms in total. The average Bonchev–Trinajstić information content (AvgIpc) is 3.54. The molecule has 1 aromatic carbocycles. The molecule has 0 unspecified atom stereocenters. The lowest BCUT2D eigenvalue weighted by Gasteiger charge is -2.26. The number of sulfonamides is 1. The Labute approximate surface area is 171 Å². The van der Waals surface area contributed by atoms with Crippen LogP contribution in [-0.4, -0.2) is 53.5 Å². The maximum Gasteiger partial charge on any atom is 0.273 e. The second kappa shape index (κ2) is 7.76. The van der Waals surface area contributed by atoms with Gasteiger partial charge in [-0.3, -0.25) is 9.78 Å². The number of aromatic nitrogens is 1. The summed E-state index contributed by atoms with van der Waals surface area (Å²) in [6.45, 7) is 3.07. The van der Waals surface area contributed by atoms with Crippen LogP contribution in [0.25, 0.3) is 0 Å². The number of hydrogen-bond acceptors (Lipinski definition) is 5. The van der Waals surface area contributed by atoms with Crippen molar-refractivity contribution in [1.29, 1.82) is 0 Å². The Morgan fingerprint density at radius 2 is 2.07 bits per heavy atom. The van der Waals surface area contributed by atoms with Crippen molar-refractivity contribution in [3.8, 4) is 5.75 Å². The maximum atomic E-state index is 13.0. The highest BCUT2D eigenvalue weighted by molar-refractivity contribution is 7.88. The lowest BCUT2D eigenvalue weighted by atomic mass is 10.1. The molecule has 1 amide bonds. The van der Waals surface area contributed by atoms with Gasteiger partial charge in [-0.2, -0.15) is 4.31 Å². The first-order chi connectivity index (χ1) is 13.8. The molecule has 2 aromatic rings. The van der Waals surface area contributed by atoms with Crippen molar-refractivity contribution in [3.63, 3.8) is 0 Å². The molecule has 1 saturated carbocycles. The molecule has 0 bridgehead atoms. The van der Waals surface area contributed by atoms with Gasteiger partial charge in [-0.05, 0) is 49.6 Å². The Balaban J connectivity index is 1.59. The van der Waals surface area contributed by atoms with Gasteiger partial charge in [0.25, 0.3) is 5.91 Å². The minimum absolute atomic E-state index is 0.0994. The van der Waals surface area contributed by atoms with E-state index in [1.807, 2.05) is 25.1 Å². The van der Waals surface area contributed by atoms with Crippen LogP contribution in [0.3, 0.4) is 0 Å². The fourth-order valence-electron chi connectivity index (χ4n) is 3.60. The molecule has 0 N–H and O–H groups in total. The summed E-state index contributed by atoms with van der Waals surface area (Å²) in [5.41, 5.74) is 2.17. The van der Waals surface area contributed by atoms with Crippen LogP contribution < -0.4 is 4.74 Å². The second-order valence-electron chi connectivity index (χ2n) is 7.79. The van der Waals surface area contributed by atoms with E-state index in [-0.39, 0.29) is 18.0 Å². The van der Waals surface area contributed by atoms with Crippen LogP contribution in [0.1, 0.15) is 41.4 Å². The third-order valence-electron chi connectivity index (χ3n) is 5.34. The molecule has 29 heavy (non-hydrogen) atoms. The SMILES string of the molecule is C[C@H]1COc2ccc(CN(C3CC3)S(C)(=O)=O)cc2CN1C(=O)c1ccccn1. The molecule has 8 heteroatoms. The van der Waals surface area contributed by atoms with E-state index in [1.165, 1.54) is 6.26 Å². The van der Waals surface area contributed by atoms with Gasteiger partial charge in [0.05, 0.1) is 18.8 Å². The fraction of sp³-hybridized carbons (Fsp3) is 0.429. The van der Waals surface area contributed by atoms with E-state index in [0.717, 1.165) is 29.7 Å². The van der Waals surface area contributed by atoms with Crippen LogP contribution in [-0.2, 0) is 23.1 Å². The number of carbonyl (C=O) groups is 1. The Hall–Kier alpha value is -2.45. The predicted molar refractivity (Wildman–Crippen MR) is 109 cm³/mol. The Morgan fingerprint density at radius 3 is 2.72 bits per heavy atom. The molecule has 0 radical (unpaired) electrons. The van der Waals surface area contributed by atoms with E-state index in [0.29, 0.717) is 25.4 Å². The first-order valence-electron chi connectivity index (χ1n) is 9.76.